The second-order valence-corrected chi connectivity index (χ2v) is 13.8. The molecule has 3 N–H and O–H groups in total. The zero-order valence-electron chi connectivity index (χ0n) is 31.6. The Morgan fingerprint density at radius 2 is 1.33 bits per heavy atom. The zero-order chi connectivity index (χ0) is 40.9. The summed E-state index contributed by atoms with van der Waals surface area (Å²) in [7, 11) is 0. The number of rotatable bonds is 9. The molecule has 0 fully saturated rings. The van der Waals surface area contributed by atoms with Gasteiger partial charge in [0, 0.05) is 23.8 Å². The first-order chi connectivity index (χ1) is 26.4. The van der Waals surface area contributed by atoms with Gasteiger partial charge < -0.3 is 15.3 Å². The molecule has 0 spiro atoms. The van der Waals surface area contributed by atoms with Crippen LogP contribution in [0.5, 0.6) is 17.4 Å². The first-order valence-corrected chi connectivity index (χ1v) is 17.0. The average Bonchev–Trinajstić information content (AvgIpc) is 3.60. The number of aryl methyl sites for hydroxylation is 3. The van der Waals surface area contributed by atoms with Crippen molar-refractivity contribution in [2.45, 2.75) is 48.0 Å². The summed E-state index contributed by atoms with van der Waals surface area (Å²) in [5.74, 6) is -1.64. The molecule has 291 valence electrons. The number of hydrogen-bond donors (Lipinski definition) is 1. The van der Waals surface area contributed by atoms with Gasteiger partial charge in [-0.3, -0.25) is 30.1 Å². The monoisotopic (exact) mass is 813 g/mol. The molecule has 0 aliphatic carbocycles. The largest absolute Gasteiger partial charge is 3.00 e. The van der Waals surface area contributed by atoms with Gasteiger partial charge in [0.2, 0.25) is 0 Å². The van der Waals surface area contributed by atoms with Crippen molar-refractivity contribution in [2.24, 2.45) is 25.9 Å². The third kappa shape index (κ3) is 10.0. The molecule has 2 aromatic heterocycles. The molecule has 6 aromatic rings. The molecular weight excluding hydrogens is 776 g/mol. The molecule has 0 amide bonds. The Kier molecular flexibility index (Phi) is 13.3. The molecule has 19 heteroatoms. The summed E-state index contributed by atoms with van der Waals surface area (Å²) in [5, 5.41) is 78.0. The van der Waals surface area contributed by atoms with E-state index in [1.54, 1.807) is 75.4 Å². The SMILES string of the molecule is Cc1cc(N=Nc2c(C)[nH]n(-c3ccccc3)c2=O)c([O-])c([N+](=O)[O-])c1.Cc1nn(-c2ccccc2)c([O-])c1N=Nc1cc(CC(C)(C)C)cc([N+](=O)[O-])c1[OH2+].[Cr+3]. The number of nitro groups is 2. The summed E-state index contributed by atoms with van der Waals surface area (Å²) in [4.78, 5) is 33.5. The summed E-state index contributed by atoms with van der Waals surface area (Å²) in [6, 6.07) is 23.4. The number of aromatic nitrogens is 4. The van der Waals surface area contributed by atoms with Crippen LogP contribution in [0.1, 0.15) is 43.3 Å². The maximum atomic E-state index is 12.7. The number of H-pyrrole nitrogens is 1. The van der Waals surface area contributed by atoms with Crippen LogP contribution in [0.15, 0.2) is 110 Å². The number of nitrogens with one attached hydrogen (secondary N) is 1. The van der Waals surface area contributed by atoms with E-state index >= 15 is 0 Å². The normalized spacial score (nSPS) is 11.3. The first-order valence-electron chi connectivity index (χ1n) is 17.0. The predicted octanol–water partition coefficient (Wildman–Crippen LogP) is 7.78. The van der Waals surface area contributed by atoms with Gasteiger partial charge in [-0.1, -0.05) is 57.2 Å². The molecule has 2 heterocycles. The van der Waals surface area contributed by atoms with Crippen LogP contribution in [0.4, 0.5) is 34.1 Å². The van der Waals surface area contributed by atoms with Gasteiger partial charge in [0.15, 0.2) is 11.4 Å². The summed E-state index contributed by atoms with van der Waals surface area (Å²) >= 11 is 0. The maximum absolute atomic E-state index is 12.7. The second-order valence-electron chi connectivity index (χ2n) is 13.8. The van der Waals surface area contributed by atoms with Gasteiger partial charge in [-0.05, 0) is 80.1 Å². The van der Waals surface area contributed by atoms with Crippen LogP contribution in [-0.2, 0) is 23.8 Å². The van der Waals surface area contributed by atoms with E-state index in [1.165, 1.54) is 27.6 Å². The number of nitrogens with zero attached hydrogens (tertiary/aromatic N) is 9. The summed E-state index contributed by atoms with van der Waals surface area (Å²) in [5.41, 5.74) is 1.66. The number of para-hydroxylation sites is 2. The molecule has 1 radical (unpaired) electrons. The van der Waals surface area contributed by atoms with Crippen LogP contribution in [0.25, 0.3) is 11.4 Å². The van der Waals surface area contributed by atoms with Gasteiger partial charge >= 0.3 is 28.8 Å². The van der Waals surface area contributed by atoms with E-state index in [9.17, 15) is 35.2 Å². The van der Waals surface area contributed by atoms with Crippen LogP contribution >= 0.6 is 0 Å². The molecule has 0 aliphatic rings. The molecule has 0 unspecified atom stereocenters. The molecule has 0 saturated carbocycles. The molecule has 57 heavy (non-hydrogen) atoms. The average molecular weight is 814 g/mol. The minimum absolute atomic E-state index is 0. The zero-order valence-corrected chi connectivity index (χ0v) is 32.9. The Bertz CT molecular complexity index is 2540. The third-order valence-corrected chi connectivity index (χ3v) is 8.04. The Morgan fingerprint density at radius 1 is 0.772 bits per heavy atom. The Labute approximate surface area is 335 Å². The molecule has 4 aromatic carbocycles. The van der Waals surface area contributed by atoms with Crippen molar-refractivity contribution in [3.05, 3.63) is 138 Å². The van der Waals surface area contributed by atoms with Gasteiger partial charge in [-0.2, -0.15) is 10.2 Å². The number of azo groups is 2. The molecule has 0 saturated heterocycles. The van der Waals surface area contributed by atoms with Crippen molar-refractivity contribution in [3.63, 3.8) is 0 Å². The van der Waals surface area contributed by atoms with E-state index in [0.29, 0.717) is 40.3 Å². The number of nitro benzene ring substituents is 2. The van der Waals surface area contributed by atoms with Crippen LogP contribution in [-0.4, -0.2) is 34.5 Å². The molecular formula is C38H37CrN10O8+2. The minimum atomic E-state index is -0.846. The first kappa shape index (κ1) is 42.8. The molecule has 0 atom stereocenters. The Morgan fingerprint density at radius 3 is 1.91 bits per heavy atom. The smallest absolute Gasteiger partial charge is 0.866 e. The number of aromatic amines is 1. The fourth-order valence-corrected chi connectivity index (χ4v) is 5.53. The Balaban J connectivity index is 0.000000251. The fraction of sp³-hybridized carbons (Fsp3) is 0.211. The fourth-order valence-electron chi connectivity index (χ4n) is 5.53. The predicted molar refractivity (Wildman–Crippen MR) is 204 cm³/mol. The molecule has 0 aliphatic heterocycles. The topological polar surface area (TPSA) is 260 Å². The molecule has 6 rings (SSSR count). The molecule has 18 nitrogen and oxygen atoms in total. The van der Waals surface area contributed by atoms with E-state index < -0.39 is 32.7 Å². The van der Waals surface area contributed by atoms with Gasteiger partial charge in [-0.15, -0.1) is 15.3 Å². The van der Waals surface area contributed by atoms with Gasteiger partial charge in [0.05, 0.1) is 38.3 Å². The van der Waals surface area contributed by atoms with Gasteiger partial charge in [-0.25, -0.2) is 9.36 Å². The van der Waals surface area contributed by atoms with Crippen LogP contribution in [0, 0.1) is 46.4 Å². The number of benzene rings is 4. The van der Waals surface area contributed by atoms with Crippen molar-refractivity contribution in [1.29, 1.82) is 0 Å². The summed E-state index contributed by atoms with van der Waals surface area (Å²) < 4.78 is 2.53. The van der Waals surface area contributed by atoms with Crippen molar-refractivity contribution in [1.82, 2.24) is 19.6 Å². The summed E-state index contributed by atoms with van der Waals surface area (Å²) in [6.45, 7) is 10.9. The number of hydrogen-bond acceptors (Lipinski definition) is 12. The van der Waals surface area contributed by atoms with Crippen LogP contribution in [0.3, 0.4) is 0 Å². The van der Waals surface area contributed by atoms with Crippen molar-refractivity contribution < 1.29 is 42.5 Å². The maximum Gasteiger partial charge on any atom is 3.00 e. The van der Waals surface area contributed by atoms with Gasteiger partial charge in [0.1, 0.15) is 5.69 Å². The van der Waals surface area contributed by atoms with E-state index in [-0.39, 0.29) is 57.0 Å². The Hall–Kier alpha value is -6.97. The van der Waals surface area contributed by atoms with E-state index in [4.69, 9.17) is 5.11 Å². The standard InChI is InChI=1S/C21H23N5O4.C17H15N5O4.Cr/c1-13-18(20(28)25(24-13)15-8-6-5-7-9-15)23-22-16-10-14(12-21(2,3)4)11-17(19(16)27)26(29)30;1-10-8-13(16(23)14(9-10)22(25)26)18-19-15-11(2)20-21(17(15)24)12-6-4-3-5-7-12;/h5-11,27-28H,12H2,1-4H3;3-9,20,23H,1-2H3;/q;;+3/p-1. The van der Waals surface area contributed by atoms with Crippen molar-refractivity contribution in [2.75, 3.05) is 0 Å². The van der Waals surface area contributed by atoms with Gasteiger partial charge in [0.25, 0.3) is 11.2 Å². The summed E-state index contributed by atoms with van der Waals surface area (Å²) in [6.07, 6.45) is 0.564. The van der Waals surface area contributed by atoms with Crippen molar-refractivity contribution in [3.8, 4) is 28.8 Å². The molecule has 0 bridgehead atoms. The van der Waals surface area contributed by atoms with E-state index in [0.717, 1.165) is 0 Å². The van der Waals surface area contributed by atoms with Crippen LogP contribution in [0.2, 0.25) is 0 Å². The third-order valence-electron chi connectivity index (χ3n) is 8.04. The van der Waals surface area contributed by atoms with Crippen LogP contribution < -0.4 is 15.8 Å². The quantitative estimate of drug-likeness (QED) is 0.0650. The second kappa shape index (κ2) is 17.7. The van der Waals surface area contributed by atoms with Crippen molar-refractivity contribution >= 4 is 34.1 Å². The van der Waals surface area contributed by atoms with E-state index in [1.807, 2.05) is 32.9 Å². The minimum Gasteiger partial charge on any atom is -0.866 e. The van der Waals surface area contributed by atoms with E-state index in [2.05, 4.69) is 30.7 Å².